The smallest absolute Gasteiger partial charge is 0.338 e. The first-order valence-corrected chi connectivity index (χ1v) is 9.10. The van der Waals surface area contributed by atoms with Crippen LogP contribution in [0.1, 0.15) is 17.3 Å². The number of hydrogen-bond donors (Lipinski definition) is 1. The molecule has 0 aliphatic heterocycles. The number of sulfonamides is 1. The fraction of sp³-hybridized carbons (Fsp3) is 0.294. The molecule has 0 saturated carbocycles. The highest BCUT2D eigenvalue weighted by molar-refractivity contribution is 7.89. The zero-order valence-corrected chi connectivity index (χ0v) is 14.9. The van der Waals surface area contributed by atoms with Crippen molar-refractivity contribution in [2.45, 2.75) is 11.8 Å². The lowest BCUT2D eigenvalue weighted by Crippen LogP contribution is -2.35. The molecule has 0 fully saturated rings. The highest BCUT2D eigenvalue weighted by Gasteiger charge is 2.18. The quantitative estimate of drug-likeness (QED) is 0.498. The average molecular weight is 366 g/mol. The van der Waals surface area contributed by atoms with Crippen molar-refractivity contribution in [3.63, 3.8) is 0 Å². The number of nitrogens with one attached hydrogen (secondary N) is 1. The standard InChI is InChI=1S/C17H22N2O5S/c1-4-10-19(11-5-2)16(20)13-24-17(21)14-8-7-9-15(12-14)25(22,23)18-6-3/h4-5,7-9,12,18H,1-2,6,10-11,13H2,3H3. The second-order valence-corrected chi connectivity index (χ2v) is 6.75. The van der Waals surface area contributed by atoms with Gasteiger partial charge < -0.3 is 9.64 Å². The zero-order chi connectivity index (χ0) is 18.9. The fourth-order valence-corrected chi connectivity index (χ4v) is 3.04. The Bertz CT molecular complexity index is 733. The molecule has 1 rings (SSSR count). The van der Waals surface area contributed by atoms with Crippen LogP contribution in [0.5, 0.6) is 0 Å². The summed E-state index contributed by atoms with van der Waals surface area (Å²) in [6, 6.07) is 5.43. The Morgan fingerprint density at radius 2 is 1.88 bits per heavy atom. The Labute approximate surface area is 148 Å². The summed E-state index contributed by atoms with van der Waals surface area (Å²) in [6.07, 6.45) is 3.11. The van der Waals surface area contributed by atoms with E-state index in [1.807, 2.05) is 0 Å². The van der Waals surface area contributed by atoms with Crippen LogP contribution in [0.15, 0.2) is 54.5 Å². The molecule has 0 radical (unpaired) electrons. The van der Waals surface area contributed by atoms with Crippen molar-refractivity contribution >= 4 is 21.9 Å². The highest BCUT2D eigenvalue weighted by atomic mass is 32.2. The van der Waals surface area contributed by atoms with Gasteiger partial charge in [-0.3, -0.25) is 4.79 Å². The highest BCUT2D eigenvalue weighted by Crippen LogP contribution is 2.12. The van der Waals surface area contributed by atoms with Crippen molar-refractivity contribution in [1.29, 1.82) is 0 Å². The maximum atomic E-state index is 12.1. The number of esters is 1. The van der Waals surface area contributed by atoms with Gasteiger partial charge in [0.15, 0.2) is 6.61 Å². The molecule has 136 valence electrons. The van der Waals surface area contributed by atoms with Crippen LogP contribution in [0.25, 0.3) is 0 Å². The van der Waals surface area contributed by atoms with Gasteiger partial charge in [-0.15, -0.1) is 13.2 Å². The Balaban J connectivity index is 2.80. The third-order valence-corrected chi connectivity index (χ3v) is 4.64. The first-order valence-electron chi connectivity index (χ1n) is 7.62. The average Bonchev–Trinajstić information content (AvgIpc) is 2.59. The van der Waals surface area contributed by atoms with E-state index in [9.17, 15) is 18.0 Å². The molecule has 1 aromatic rings. The van der Waals surface area contributed by atoms with E-state index < -0.39 is 28.5 Å². The second-order valence-electron chi connectivity index (χ2n) is 4.98. The van der Waals surface area contributed by atoms with E-state index in [0.717, 1.165) is 0 Å². The van der Waals surface area contributed by atoms with Gasteiger partial charge in [0.1, 0.15) is 0 Å². The third-order valence-electron chi connectivity index (χ3n) is 3.09. The summed E-state index contributed by atoms with van der Waals surface area (Å²) in [4.78, 5) is 25.5. The van der Waals surface area contributed by atoms with Crippen molar-refractivity contribution in [2.24, 2.45) is 0 Å². The summed E-state index contributed by atoms with van der Waals surface area (Å²) in [7, 11) is -3.68. The van der Waals surface area contributed by atoms with Gasteiger partial charge in [-0.2, -0.15) is 0 Å². The van der Waals surface area contributed by atoms with Crippen LogP contribution in [0, 0.1) is 0 Å². The van der Waals surface area contributed by atoms with E-state index >= 15 is 0 Å². The van der Waals surface area contributed by atoms with Crippen molar-refractivity contribution in [3.05, 3.63) is 55.1 Å². The lowest BCUT2D eigenvalue weighted by atomic mass is 10.2. The molecule has 0 spiro atoms. The van der Waals surface area contributed by atoms with Crippen molar-refractivity contribution in [1.82, 2.24) is 9.62 Å². The van der Waals surface area contributed by atoms with E-state index in [1.165, 1.54) is 29.2 Å². The van der Waals surface area contributed by atoms with Crippen LogP contribution >= 0.6 is 0 Å². The molecule has 1 N–H and O–H groups in total. The van der Waals surface area contributed by atoms with E-state index in [2.05, 4.69) is 17.9 Å². The summed E-state index contributed by atoms with van der Waals surface area (Å²) in [5, 5.41) is 0. The number of carbonyl (C=O) groups excluding carboxylic acids is 2. The Kier molecular flexibility index (Phi) is 8.03. The molecule has 1 aromatic carbocycles. The monoisotopic (exact) mass is 366 g/mol. The molecule has 0 aliphatic rings. The molecule has 0 heterocycles. The molecule has 8 heteroatoms. The molecule has 0 saturated heterocycles. The largest absolute Gasteiger partial charge is 0.452 e. The predicted octanol–water partition coefficient (Wildman–Crippen LogP) is 1.34. The predicted molar refractivity (Wildman–Crippen MR) is 94.6 cm³/mol. The molecule has 7 nitrogen and oxygen atoms in total. The zero-order valence-electron chi connectivity index (χ0n) is 14.1. The number of carbonyl (C=O) groups is 2. The van der Waals surface area contributed by atoms with Crippen LogP contribution in [0.4, 0.5) is 0 Å². The maximum absolute atomic E-state index is 12.1. The van der Waals surface area contributed by atoms with Crippen LogP contribution in [-0.4, -0.2) is 51.4 Å². The Morgan fingerprint density at radius 1 is 1.24 bits per heavy atom. The van der Waals surface area contributed by atoms with E-state index in [-0.39, 0.29) is 17.0 Å². The second kappa shape index (κ2) is 9.75. The summed E-state index contributed by atoms with van der Waals surface area (Å²) >= 11 is 0. The summed E-state index contributed by atoms with van der Waals surface area (Å²) in [5.74, 6) is -1.18. The van der Waals surface area contributed by atoms with Gasteiger partial charge in [0.05, 0.1) is 10.5 Å². The molecule has 1 amide bonds. The van der Waals surface area contributed by atoms with E-state index in [1.54, 1.807) is 19.1 Å². The van der Waals surface area contributed by atoms with Gasteiger partial charge in [-0.1, -0.05) is 25.1 Å². The third kappa shape index (κ3) is 6.17. The minimum Gasteiger partial charge on any atom is -0.452 e. The molecule has 0 aromatic heterocycles. The molecule has 25 heavy (non-hydrogen) atoms. The van der Waals surface area contributed by atoms with Gasteiger partial charge in [0, 0.05) is 19.6 Å². The van der Waals surface area contributed by atoms with Crippen LogP contribution in [-0.2, 0) is 19.6 Å². The van der Waals surface area contributed by atoms with Crippen molar-refractivity contribution < 1.29 is 22.7 Å². The fourth-order valence-electron chi connectivity index (χ4n) is 1.96. The number of benzene rings is 1. The SMILES string of the molecule is C=CCN(CC=C)C(=O)COC(=O)c1cccc(S(=O)(=O)NCC)c1. The number of rotatable bonds is 10. The Hall–Kier alpha value is -2.45. The minimum absolute atomic E-state index is 0.0462. The first-order chi connectivity index (χ1) is 11.9. The maximum Gasteiger partial charge on any atom is 0.338 e. The molecule has 0 atom stereocenters. The molecular weight excluding hydrogens is 344 g/mol. The van der Waals surface area contributed by atoms with E-state index in [4.69, 9.17) is 4.74 Å². The van der Waals surface area contributed by atoms with Crippen LogP contribution in [0.3, 0.4) is 0 Å². The van der Waals surface area contributed by atoms with Crippen molar-refractivity contribution in [3.8, 4) is 0 Å². The number of hydrogen-bond acceptors (Lipinski definition) is 5. The summed E-state index contributed by atoms with van der Waals surface area (Å²) in [5.41, 5.74) is 0.0470. The Morgan fingerprint density at radius 3 is 2.44 bits per heavy atom. The van der Waals surface area contributed by atoms with Gasteiger partial charge in [-0.25, -0.2) is 17.9 Å². The van der Waals surface area contributed by atoms with Crippen LogP contribution < -0.4 is 4.72 Å². The van der Waals surface area contributed by atoms with Gasteiger partial charge >= 0.3 is 5.97 Å². The first kappa shape index (κ1) is 20.6. The molecule has 0 bridgehead atoms. The molecule has 0 unspecified atom stereocenters. The van der Waals surface area contributed by atoms with Crippen molar-refractivity contribution in [2.75, 3.05) is 26.2 Å². The lowest BCUT2D eigenvalue weighted by Gasteiger charge is -2.19. The van der Waals surface area contributed by atoms with Gasteiger partial charge in [-0.05, 0) is 18.2 Å². The summed E-state index contributed by atoms with van der Waals surface area (Å²) < 4.78 is 31.2. The number of amides is 1. The summed E-state index contributed by atoms with van der Waals surface area (Å²) in [6.45, 7) is 9.15. The minimum atomic E-state index is -3.68. The van der Waals surface area contributed by atoms with Gasteiger partial charge in [0.2, 0.25) is 10.0 Å². The normalized spacial score (nSPS) is 10.8. The van der Waals surface area contributed by atoms with Gasteiger partial charge in [0.25, 0.3) is 5.91 Å². The molecular formula is C17H22N2O5S. The number of nitrogens with zero attached hydrogens (tertiary/aromatic N) is 1. The number of ether oxygens (including phenoxy) is 1. The topological polar surface area (TPSA) is 92.8 Å². The lowest BCUT2D eigenvalue weighted by molar-refractivity contribution is -0.133. The van der Waals surface area contributed by atoms with E-state index in [0.29, 0.717) is 13.1 Å². The molecule has 0 aliphatic carbocycles. The van der Waals surface area contributed by atoms with Crippen LogP contribution in [0.2, 0.25) is 0 Å².